The smallest absolute Gasteiger partial charge is 0.220 e. The number of likely N-dealkylation sites (tertiary alicyclic amines) is 1. The van der Waals surface area contributed by atoms with Gasteiger partial charge in [0.05, 0.1) is 5.52 Å². The fourth-order valence-corrected chi connectivity index (χ4v) is 3.64. The first-order valence-electron chi connectivity index (χ1n) is 8.95. The van der Waals surface area contributed by atoms with Crippen LogP contribution < -0.4 is 5.32 Å². The van der Waals surface area contributed by atoms with E-state index in [9.17, 15) is 4.79 Å². The second-order valence-corrected chi connectivity index (χ2v) is 6.88. The summed E-state index contributed by atoms with van der Waals surface area (Å²) in [6.07, 6.45) is 7.17. The van der Waals surface area contributed by atoms with E-state index in [4.69, 9.17) is 0 Å². The molecule has 1 aromatic heterocycles. The lowest BCUT2D eigenvalue weighted by atomic mass is 9.98. The summed E-state index contributed by atoms with van der Waals surface area (Å²) in [6.45, 7) is 3.83. The number of hydrogen-bond donors (Lipinski definition) is 1. The summed E-state index contributed by atoms with van der Waals surface area (Å²) in [4.78, 5) is 19.1. The number of piperidine rings is 1. The number of pyridine rings is 1. The molecule has 4 nitrogen and oxygen atoms in total. The predicted octanol–water partition coefficient (Wildman–Crippen LogP) is 3.42. The highest BCUT2D eigenvalue weighted by atomic mass is 16.1. The van der Waals surface area contributed by atoms with Gasteiger partial charge in [-0.3, -0.25) is 9.78 Å². The van der Waals surface area contributed by atoms with E-state index in [-0.39, 0.29) is 5.91 Å². The van der Waals surface area contributed by atoms with Gasteiger partial charge in [-0.15, -0.1) is 0 Å². The van der Waals surface area contributed by atoms with Crippen molar-refractivity contribution in [2.45, 2.75) is 51.6 Å². The Kier molecular flexibility index (Phi) is 5.46. The predicted molar refractivity (Wildman–Crippen MR) is 97.8 cm³/mol. The highest BCUT2D eigenvalue weighted by molar-refractivity contribution is 5.84. The monoisotopic (exact) mass is 325 g/mol. The molecule has 3 rings (SSSR count). The molecule has 24 heavy (non-hydrogen) atoms. The molecule has 2 heterocycles. The molecule has 1 fully saturated rings. The third kappa shape index (κ3) is 3.93. The molecule has 4 heteroatoms. The maximum absolute atomic E-state index is 12.3. The molecule has 1 atom stereocenters. The highest BCUT2D eigenvalue weighted by Crippen LogP contribution is 2.21. The number of benzene rings is 1. The van der Waals surface area contributed by atoms with E-state index >= 15 is 0 Å². The summed E-state index contributed by atoms with van der Waals surface area (Å²) in [6, 6.07) is 8.70. The van der Waals surface area contributed by atoms with Crippen molar-refractivity contribution in [3.05, 3.63) is 41.6 Å². The van der Waals surface area contributed by atoms with Crippen molar-refractivity contribution in [1.29, 1.82) is 0 Å². The van der Waals surface area contributed by atoms with Crippen LogP contribution in [-0.4, -0.2) is 35.4 Å². The number of fused-ring (bicyclic) bond motifs is 1. The Balaban J connectivity index is 1.57. The number of nitrogens with one attached hydrogen (secondary N) is 1. The molecule has 0 bridgehead atoms. The van der Waals surface area contributed by atoms with Crippen molar-refractivity contribution in [3.63, 3.8) is 0 Å². The van der Waals surface area contributed by atoms with Crippen LogP contribution in [0.1, 0.15) is 43.2 Å². The molecule has 1 saturated heterocycles. The minimum Gasteiger partial charge on any atom is -0.352 e. The summed E-state index contributed by atoms with van der Waals surface area (Å²) < 4.78 is 0. The first-order valence-corrected chi connectivity index (χ1v) is 8.95. The van der Waals surface area contributed by atoms with Crippen LogP contribution in [0, 0.1) is 6.92 Å². The first-order chi connectivity index (χ1) is 11.6. The van der Waals surface area contributed by atoms with Crippen molar-refractivity contribution in [2.24, 2.45) is 0 Å². The van der Waals surface area contributed by atoms with Crippen LogP contribution >= 0.6 is 0 Å². The minimum atomic E-state index is 0.147. The summed E-state index contributed by atoms with van der Waals surface area (Å²) in [5, 5.41) is 4.23. The molecule has 0 aliphatic carbocycles. The third-order valence-corrected chi connectivity index (χ3v) is 5.22. The average Bonchev–Trinajstić information content (AvgIpc) is 2.60. The Morgan fingerprint density at radius 3 is 3.04 bits per heavy atom. The van der Waals surface area contributed by atoms with E-state index in [0.29, 0.717) is 19.0 Å². The van der Waals surface area contributed by atoms with E-state index in [1.807, 2.05) is 12.1 Å². The van der Waals surface area contributed by atoms with Gasteiger partial charge in [0.1, 0.15) is 0 Å². The van der Waals surface area contributed by atoms with E-state index in [1.54, 1.807) is 6.20 Å². The molecule has 0 saturated carbocycles. The molecule has 1 aliphatic rings. The van der Waals surface area contributed by atoms with Gasteiger partial charge in [0.25, 0.3) is 0 Å². The van der Waals surface area contributed by atoms with Gasteiger partial charge < -0.3 is 10.2 Å². The normalized spacial score (nSPS) is 18.7. The van der Waals surface area contributed by atoms with Crippen LogP contribution in [-0.2, 0) is 11.3 Å². The second kappa shape index (κ2) is 7.75. The number of amides is 1. The molecule has 1 amide bonds. The quantitative estimate of drug-likeness (QED) is 0.916. The largest absolute Gasteiger partial charge is 0.352 e. The summed E-state index contributed by atoms with van der Waals surface area (Å²) >= 11 is 0. The number of aromatic nitrogens is 1. The van der Waals surface area contributed by atoms with E-state index in [2.05, 4.69) is 41.3 Å². The topological polar surface area (TPSA) is 45.2 Å². The lowest BCUT2D eigenvalue weighted by Crippen LogP contribution is -2.37. The maximum atomic E-state index is 12.3. The third-order valence-electron chi connectivity index (χ3n) is 5.22. The number of aryl methyl sites for hydroxylation is 1. The van der Waals surface area contributed by atoms with Gasteiger partial charge in [0.15, 0.2) is 0 Å². The Labute approximate surface area is 144 Å². The van der Waals surface area contributed by atoms with Crippen LogP contribution in [0.25, 0.3) is 10.9 Å². The van der Waals surface area contributed by atoms with Crippen LogP contribution in [0.2, 0.25) is 0 Å². The van der Waals surface area contributed by atoms with Gasteiger partial charge >= 0.3 is 0 Å². The fraction of sp³-hybridized carbons (Fsp3) is 0.500. The molecule has 1 aromatic carbocycles. The van der Waals surface area contributed by atoms with Crippen LogP contribution in [0.15, 0.2) is 30.5 Å². The summed E-state index contributed by atoms with van der Waals surface area (Å²) in [5.41, 5.74) is 3.35. The Morgan fingerprint density at radius 1 is 1.33 bits per heavy atom. The molecule has 0 spiro atoms. The van der Waals surface area contributed by atoms with Crippen molar-refractivity contribution < 1.29 is 4.79 Å². The standard InChI is InChI=1S/C20H27N3O/c1-15-8-10-19-17(7-5-12-21-19)18(15)14-22-20(24)11-9-16-6-3-4-13-23(16)2/h5,7-8,10,12,16H,3-4,6,9,11,13-14H2,1-2H3,(H,22,24)/t16-/m0/s1. The van der Waals surface area contributed by atoms with Gasteiger partial charge in [0.2, 0.25) is 5.91 Å². The van der Waals surface area contributed by atoms with Gasteiger partial charge in [-0.2, -0.15) is 0 Å². The zero-order chi connectivity index (χ0) is 16.9. The van der Waals surface area contributed by atoms with Crippen molar-refractivity contribution in [1.82, 2.24) is 15.2 Å². The fourth-order valence-electron chi connectivity index (χ4n) is 3.64. The van der Waals surface area contributed by atoms with E-state index < -0.39 is 0 Å². The number of hydrogen-bond acceptors (Lipinski definition) is 3. The molecular weight excluding hydrogens is 298 g/mol. The van der Waals surface area contributed by atoms with E-state index in [1.165, 1.54) is 30.4 Å². The lowest BCUT2D eigenvalue weighted by Gasteiger charge is -2.32. The molecule has 128 valence electrons. The van der Waals surface area contributed by atoms with Gasteiger partial charge in [-0.1, -0.05) is 18.6 Å². The Bertz CT molecular complexity index is 713. The highest BCUT2D eigenvalue weighted by Gasteiger charge is 2.19. The molecule has 0 unspecified atom stereocenters. The summed E-state index contributed by atoms with van der Waals surface area (Å²) in [5.74, 6) is 0.147. The molecule has 1 N–H and O–H groups in total. The van der Waals surface area contributed by atoms with Crippen molar-refractivity contribution in [3.8, 4) is 0 Å². The van der Waals surface area contributed by atoms with Gasteiger partial charge in [-0.25, -0.2) is 0 Å². The molecule has 1 aliphatic heterocycles. The molecule has 0 radical (unpaired) electrons. The number of carbonyl (C=O) groups excluding carboxylic acids is 1. The number of nitrogens with zero attached hydrogens (tertiary/aromatic N) is 2. The zero-order valence-corrected chi connectivity index (χ0v) is 14.7. The van der Waals surface area contributed by atoms with E-state index in [0.717, 1.165) is 23.9 Å². The SMILES string of the molecule is Cc1ccc2ncccc2c1CNC(=O)CC[C@@H]1CCCCN1C. The van der Waals surface area contributed by atoms with Crippen molar-refractivity contribution >= 4 is 16.8 Å². The number of rotatable bonds is 5. The Hall–Kier alpha value is -1.94. The summed E-state index contributed by atoms with van der Waals surface area (Å²) in [7, 11) is 2.17. The lowest BCUT2D eigenvalue weighted by molar-refractivity contribution is -0.121. The van der Waals surface area contributed by atoms with Crippen LogP contribution in [0.4, 0.5) is 0 Å². The van der Waals surface area contributed by atoms with Gasteiger partial charge in [0, 0.05) is 30.6 Å². The zero-order valence-electron chi connectivity index (χ0n) is 14.7. The second-order valence-electron chi connectivity index (χ2n) is 6.88. The van der Waals surface area contributed by atoms with Gasteiger partial charge in [-0.05, 0) is 63.0 Å². The molecular formula is C20H27N3O. The van der Waals surface area contributed by atoms with Crippen molar-refractivity contribution in [2.75, 3.05) is 13.6 Å². The van der Waals surface area contributed by atoms with Crippen LogP contribution in [0.3, 0.4) is 0 Å². The van der Waals surface area contributed by atoms with Crippen LogP contribution in [0.5, 0.6) is 0 Å². The maximum Gasteiger partial charge on any atom is 0.220 e. The molecule has 2 aromatic rings. The number of carbonyl (C=O) groups is 1. The Morgan fingerprint density at radius 2 is 2.21 bits per heavy atom. The average molecular weight is 325 g/mol. The first kappa shape index (κ1) is 16.9. The minimum absolute atomic E-state index is 0.147.